The number of hydrogen-bond donors (Lipinski definition) is 0. The number of hydrogen-bond acceptors (Lipinski definition) is 1. The predicted molar refractivity (Wildman–Crippen MR) is 88.8 cm³/mol. The van der Waals surface area contributed by atoms with Gasteiger partial charge in [-0.3, -0.25) is 0 Å². The summed E-state index contributed by atoms with van der Waals surface area (Å²) in [7, 11) is 2.30. The summed E-state index contributed by atoms with van der Waals surface area (Å²) in [5.74, 6) is 0. The molecular formula is C18H37N. The van der Waals surface area contributed by atoms with E-state index in [2.05, 4.69) is 39.3 Å². The average Bonchev–Trinajstić information content (AvgIpc) is 2.41. The Kier molecular flexibility index (Phi) is 12.5. The third-order valence-electron chi connectivity index (χ3n) is 4.09. The molecule has 1 unspecified atom stereocenters. The molecule has 0 saturated carbocycles. The highest BCUT2D eigenvalue weighted by molar-refractivity contribution is 4.94. The molecule has 0 saturated heterocycles. The molecule has 0 heterocycles. The topological polar surface area (TPSA) is 3.24 Å². The van der Waals surface area contributed by atoms with Crippen molar-refractivity contribution in [2.24, 2.45) is 0 Å². The first-order valence-corrected chi connectivity index (χ1v) is 8.52. The van der Waals surface area contributed by atoms with Gasteiger partial charge in [-0.2, -0.15) is 0 Å². The van der Waals surface area contributed by atoms with Crippen LogP contribution in [-0.2, 0) is 0 Å². The zero-order chi connectivity index (χ0) is 14.5. The summed E-state index contributed by atoms with van der Waals surface area (Å²) < 4.78 is 0. The van der Waals surface area contributed by atoms with E-state index in [4.69, 9.17) is 0 Å². The predicted octanol–water partition coefficient (Wildman–Crippen LogP) is 5.80. The van der Waals surface area contributed by atoms with Crippen LogP contribution in [0.15, 0.2) is 12.2 Å². The van der Waals surface area contributed by atoms with E-state index in [1.54, 1.807) is 0 Å². The van der Waals surface area contributed by atoms with E-state index >= 15 is 0 Å². The van der Waals surface area contributed by atoms with Crippen molar-refractivity contribution < 1.29 is 0 Å². The zero-order valence-electron chi connectivity index (χ0n) is 14.0. The van der Waals surface area contributed by atoms with Crippen LogP contribution in [0.1, 0.15) is 85.0 Å². The Morgan fingerprint density at radius 1 is 0.895 bits per heavy atom. The summed E-state index contributed by atoms with van der Waals surface area (Å²) >= 11 is 0. The van der Waals surface area contributed by atoms with Crippen molar-refractivity contribution in [2.75, 3.05) is 13.6 Å². The summed E-state index contributed by atoms with van der Waals surface area (Å²) in [4.78, 5) is 2.57. The van der Waals surface area contributed by atoms with Gasteiger partial charge in [-0.05, 0) is 39.2 Å². The second-order valence-corrected chi connectivity index (χ2v) is 6.02. The van der Waals surface area contributed by atoms with Crippen LogP contribution in [0.5, 0.6) is 0 Å². The highest BCUT2D eigenvalue weighted by atomic mass is 15.1. The second-order valence-electron chi connectivity index (χ2n) is 6.02. The fourth-order valence-electron chi connectivity index (χ4n) is 2.63. The molecule has 0 radical (unpaired) electrons. The fraction of sp³-hybridized carbons (Fsp3) is 0.889. The lowest BCUT2D eigenvalue weighted by Crippen LogP contribution is -2.32. The largest absolute Gasteiger partial charge is 0.303 e. The summed E-state index contributed by atoms with van der Waals surface area (Å²) in [6.07, 6.45) is 13.1. The van der Waals surface area contributed by atoms with Crippen molar-refractivity contribution in [1.29, 1.82) is 0 Å². The molecule has 1 heteroatoms. The lowest BCUT2D eigenvalue weighted by Gasteiger charge is -2.28. The van der Waals surface area contributed by atoms with E-state index in [0.29, 0.717) is 0 Å². The molecule has 0 N–H and O–H groups in total. The first kappa shape index (κ1) is 18.7. The highest BCUT2D eigenvalue weighted by Gasteiger charge is 2.13. The summed E-state index contributed by atoms with van der Waals surface area (Å²) in [6.45, 7) is 12.3. The molecule has 0 amide bonds. The lowest BCUT2D eigenvalue weighted by atomic mass is 10.0. The molecule has 0 aromatic rings. The molecular weight excluding hydrogens is 230 g/mol. The summed E-state index contributed by atoms with van der Waals surface area (Å²) in [5, 5.41) is 0. The van der Waals surface area contributed by atoms with E-state index in [9.17, 15) is 0 Å². The monoisotopic (exact) mass is 267 g/mol. The normalized spacial score (nSPS) is 12.9. The van der Waals surface area contributed by atoms with Crippen LogP contribution in [0.2, 0.25) is 0 Å². The molecule has 0 aliphatic heterocycles. The van der Waals surface area contributed by atoms with Crippen molar-refractivity contribution in [1.82, 2.24) is 4.90 Å². The van der Waals surface area contributed by atoms with Crippen LogP contribution >= 0.6 is 0 Å². The van der Waals surface area contributed by atoms with E-state index in [0.717, 1.165) is 6.04 Å². The Morgan fingerprint density at radius 3 is 2.16 bits per heavy atom. The molecule has 0 rings (SSSR count). The van der Waals surface area contributed by atoms with Crippen molar-refractivity contribution in [3.63, 3.8) is 0 Å². The number of nitrogens with zero attached hydrogens (tertiary/aromatic N) is 1. The van der Waals surface area contributed by atoms with Gasteiger partial charge in [0, 0.05) is 12.6 Å². The standard InChI is InChI=1S/C18H37N/c1-6-9-11-13-17(4)15-16-19(5)18(12-8-3)14-10-7-2/h18H,4,6-16H2,1-3,5H3. The van der Waals surface area contributed by atoms with E-state index in [1.807, 2.05) is 0 Å². The van der Waals surface area contributed by atoms with Gasteiger partial charge in [-0.15, -0.1) is 0 Å². The van der Waals surface area contributed by atoms with Gasteiger partial charge in [0.05, 0.1) is 0 Å². The number of unbranched alkanes of at least 4 members (excludes halogenated alkanes) is 3. The first-order valence-electron chi connectivity index (χ1n) is 8.52. The Bertz CT molecular complexity index is 210. The molecule has 0 fully saturated rings. The van der Waals surface area contributed by atoms with Gasteiger partial charge in [0.1, 0.15) is 0 Å². The Hall–Kier alpha value is -0.300. The van der Waals surface area contributed by atoms with E-state index in [-0.39, 0.29) is 0 Å². The maximum atomic E-state index is 4.24. The SMILES string of the molecule is C=C(CCCCC)CCN(C)C(CCC)CCCC. The van der Waals surface area contributed by atoms with Crippen LogP contribution in [-0.4, -0.2) is 24.5 Å². The van der Waals surface area contributed by atoms with Crippen molar-refractivity contribution >= 4 is 0 Å². The van der Waals surface area contributed by atoms with Gasteiger partial charge in [0.25, 0.3) is 0 Å². The highest BCUT2D eigenvalue weighted by Crippen LogP contribution is 2.16. The van der Waals surface area contributed by atoms with Gasteiger partial charge in [-0.1, -0.05) is 65.0 Å². The molecule has 19 heavy (non-hydrogen) atoms. The van der Waals surface area contributed by atoms with E-state index < -0.39 is 0 Å². The fourth-order valence-corrected chi connectivity index (χ4v) is 2.63. The van der Waals surface area contributed by atoms with Crippen molar-refractivity contribution in [2.45, 2.75) is 91.0 Å². The molecule has 0 spiro atoms. The second kappa shape index (κ2) is 12.7. The van der Waals surface area contributed by atoms with Gasteiger partial charge in [0.15, 0.2) is 0 Å². The molecule has 0 bridgehead atoms. The minimum absolute atomic E-state index is 0.786. The molecule has 0 aromatic heterocycles. The third kappa shape index (κ3) is 10.2. The van der Waals surface area contributed by atoms with Gasteiger partial charge >= 0.3 is 0 Å². The van der Waals surface area contributed by atoms with E-state index in [1.165, 1.54) is 76.3 Å². The van der Waals surface area contributed by atoms with Crippen LogP contribution in [0, 0.1) is 0 Å². The van der Waals surface area contributed by atoms with Crippen molar-refractivity contribution in [3.05, 3.63) is 12.2 Å². The Morgan fingerprint density at radius 2 is 1.58 bits per heavy atom. The third-order valence-corrected chi connectivity index (χ3v) is 4.09. The quantitative estimate of drug-likeness (QED) is 0.301. The maximum Gasteiger partial charge on any atom is 0.00922 e. The Balaban J connectivity index is 3.89. The molecule has 1 atom stereocenters. The van der Waals surface area contributed by atoms with Crippen molar-refractivity contribution in [3.8, 4) is 0 Å². The minimum Gasteiger partial charge on any atom is -0.303 e. The molecule has 0 aromatic carbocycles. The lowest BCUT2D eigenvalue weighted by molar-refractivity contribution is 0.215. The minimum atomic E-state index is 0.786. The van der Waals surface area contributed by atoms with Gasteiger partial charge in [0.2, 0.25) is 0 Å². The zero-order valence-corrected chi connectivity index (χ0v) is 14.0. The van der Waals surface area contributed by atoms with Crippen LogP contribution in [0.4, 0.5) is 0 Å². The molecule has 114 valence electrons. The maximum absolute atomic E-state index is 4.24. The number of rotatable bonds is 13. The molecule has 1 nitrogen and oxygen atoms in total. The van der Waals surface area contributed by atoms with Gasteiger partial charge < -0.3 is 4.90 Å². The van der Waals surface area contributed by atoms with Gasteiger partial charge in [-0.25, -0.2) is 0 Å². The molecule has 0 aliphatic carbocycles. The van der Waals surface area contributed by atoms with Crippen LogP contribution in [0.25, 0.3) is 0 Å². The summed E-state index contributed by atoms with van der Waals surface area (Å²) in [6, 6.07) is 0.786. The summed E-state index contributed by atoms with van der Waals surface area (Å²) in [5.41, 5.74) is 1.45. The smallest absolute Gasteiger partial charge is 0.00922 e. The van der Waals surface area contributed by atoms with Crippen LogP contribution < -0.4 is 0 Å². The average molecular weight is 268 g/mol. The Labute approximate surface area is 122 Å². The van der Waals surface area contributed by atoms with Crippen LogP contribution in [0.3, 0.4) is 0 Å². The first-order chi connectivity index (χ1) is 9.15. The molecule has 0 aliphatic rings.